The summed E-state index contributed by atoms with van der Waals surface area (Å²) in [5.74, 6) is -2.89. The summed E-state index contributed by atoms with van der Waals surface area (Å²) in [5.41, 5.74) is 1.77. The summed E-state index contributed by atoms with van der Waals surface area (Å²) in [6, 6.07) is 13.5. The normalized spacial score (nSPS) is 14.5. The van der Waals surface area contributed by atoms with Crippen LogP contribution in [0.5, 0.6) is 0 Å². The van der Waals surface area contributed by atoms with E-state index < -0.39 is 42.3 Å². The Hall–Kier alpha value is -4.77. The van der Waals surface area contributed by atoms with Gasteiger partial charge in [-0.25, -0.2) is 4.79 Å². The minimum Gasteiger partial charge on any atom is -0.465 e. The first-order valence-corrected chi connectivity index (χ1v) is 12.5. The van der Waals surface area contributed by atoms with E-state index in [1.54, 1.807) is 36.5 Å². The van der Waals surface area contributed by atoms with Crippen molar-refractivity contribution < 1.29 is 33.4 Å². The van der Waals surface area contributed by atoms with Gasteiger partial charge in [0.05, 0.1) is 29.6 Å². The zero-order chi connectivity index (χ0) is 28.8. The Bertz CT molecular complexity index is 1480. The van der Waals surface area contributed by atoms with Crippen LogP contribution in [0.3, 0.4) is 0 Å². The van der Waals surface area contributed by atoms with Gasteiger partial charge < -0.3 is 25.0 Å². The molecular formula is C28H25ClN4O7. The average Bonchev–Trinajstić information content (AvgIpc) is 3.02. The molecule has 1 aliphatic rings. The molecule has 0 saturated heterocycles. The Kier molecular flexibility index (Phi) is 8.75. The maximum atomic E-state index is 13.8. The molecule has 0 saturated carbocycles. The van der Waals surface area contributed by atoms with Crippen molar-refractivity contribution in [3.63, 3.8) is 0 Å². The van der Waals surface area contributed by atoms with Gasteiger partial charge in [0.1, 0.15) is 6.04 Å². The Morgan fingerprint density at radius 3 is 2.60 bits per heavy atom. The van der Waals surface area contributed by atoms with Crippen LogP contribution in [0.1, 0.15) is 38.9 Å². The summed E-state index contributed by atoms with van der Waals surface area (Å²) in [6.45, 7) is 0.548. The fourth-order valence-corrected chi connectivity index (χ4v) is 4.37. The number of ether oxygens (including phenoxy) is 2. The molecule has 2 N–H and O–H groups in total. The van der Waals surface area contributed by atoms with Crippen molar-refractivity contribution in [2.24, 2.45) is 0 Å². The lowest BCUT2D eigenvalue weighted by molar-refractivity contribution is -0.144. The van der Waals surface area contributed by atoms with E-state index >= 15 is 0 Å². The lowest BCUT2D eigenvalue weighted by Crippen LogP contribution is -2.46. The van der Waals surface area contributed by atoms with Gasteiger partial charge in [-0.15, -0.1) is 0 Å². The van der Waals surface area contributed by atoms with Crippen LogP contribution in [0.15, 0.2) is 60.8 Å². The third-order valence-electron chi connectivity index (χ3n) is 6.06. The number of hydrogen-bond acceptors (Lipinski definition) is 8. The highest BCUT2D eigenvalue weighted by Gasteiger charge is 2.36. The quantitative estimate of drug-likeness (QED) is 0.397. The average molecular weight is 565 g/mol. The standard InChI is InChI=1S/C28H25ClN4O7/c1-16(34)40-15-25(35)31-22-11-17(6-8-21(22)28(38)39-2)14-33-24(13-19-5-3-4-10-30-19)26(36)32-23-12-18(29)7-9-20(23)27(33)37/h3-12,24H,13-15H2,1-2H3,(H,31,35)(H,32,36)/t24-/m1/s1. The largest absolute Gasteiger partial charge is 0.465 e. The number of carbonyl (C=O) groups excluding carboxylic acids is 5. The molecule has 1 aliphatic heterocycles. The van der Waals surface area contributed by atoms with E-state index in [0.29, 0.717) is 16.3 Å². The minimum atomic E-state index is -0.948. The van der Waals surface area contributed by atoms with Crippen molar-refractivity contribution in [3.8, 4) is 0 Å². The van der Waals surface area contributed by atoms with Gasteiger partial charge in [-0.05, 0) is 48.0 Å². The molecule has 3 amide bonds. The SMILES string of the molecule is COC(=O)c1ccc(CN2C(=O)c3ccc(Cl)cc3NC(=O)[C@H]2Cc2ccccn2)cc1NC(=O)COC(C)=O. The van der Waals surface area contributed by atoms with E-state index in [0.717, 1.165) is 6.92 Å². The van der Waals surface area contributed by atoms with Crippen molar-refractivity contribution in [2.75, 3.05) is 24.4 Å². The van der Waals surface area contributed by atoms with Gasteiger partial charge in [0, 0.05) is 36.8 Å². The molecule has 4 rings (SSSR count). The van der Waals surface area contributed by atoms with E-state index in [2.05, 4.69) is 15.6 Å². The highest BCUT2D eigenvalue weighted by atomic mass is 35.5. The summed E-state index contributed by atoms with van der Waals surface area (Å²) >= 11 is 6.12. The van der Waals surface area contributed by atoms with Crippen LogP contribution in [-0.4, -0.2) is 59.3 Å². The topological polar surface area (TPSA) is 144 Å². The highest BCUT2D eigenvalue weighted by Crippen LogP contribution is 2.29. The number of anilines is 2. The number of fused-ring (bicyclic) bond motifs is 1. The molecule has 206 valence electrons. The minimum absolute atomic E-state index is 0.0485. The molecule has 0 aliphatic carbocycles. The van der Waals surface area contributed by atoms with Crippen LogP contribution >= 0.6 is 11.6 Å². The van der Waals surface area contributed by atoms with Gasteiger partial charge in [-0.3, -0.25) is 24.2 Å². The molecule has 0 fully saturated rings. The summed E-state index contributed by atoms with van der Waals surface area (Å²) in [4.78, 5) is 68.8. The molecule has 12 heteroatoms. The first kappa shape index (κ1) is 28.2. The predicted molar refractivity (Wildman–Crippen MR) is 145 cm³/mol. The number of nitrogens with one attached hydrogen (secondary N) is 2. The molecule has 3 aromatic rings. The molecule has 2 aromatic carbocycles. The fraction of sp³-hybridized carbons (Fsp3) is 0.214. The van der Waals surface area contributed by atoms with Crippen molar-refractivity contribution in [3.05, 3.63) is 88.2 Å². The van der Waals surface area contributed by atoms with Crippen LogP contribution in [0.4, 0.5) is 11.4 Å². The number of pyridine rings is 1. The second-order valence-electron chi connectivity index (χ2n) is 8.85. The number of benzene rings is 2. The molecule has 40 heavy (non-hydrogen) atoms. The van der Waals surface area contributed by atoms with E-state index in [1.165, 1.54) is 36.3 Å². The van der Waals surface area contributed by atoms with Crippen LogP contribution in [0.25, 0.3) is 0 Å². The first-order valence-electron chi connectivity index (χ1n) is 12.1. The zero-order valence-electron chi connectivity index (χ0n) is 21.6. The Labute approximate surface area is 234 Å². The number of carbonyl (C=O) groups is 5. The summed E-state index contributed by atoms with van der Waals surface area (Å²) in [7, 11) is 1.20. The number of halogens is 1. The smallest absolute Gasteiger partial charge is 0.339 e. The Morgan fingerprint density at radius 1 is 1.10 bits per heavy atom. The number of amides is 3. The number of rotatable bonds is 8. The molecule has 0 bridgehead atoms. The van der Waals surface area contributed by atoms with E-state index in [4.69, 9.17) is 21.1 Å². The summed E-state index contributed by atoms with van der Waals surface area (Å²) in [6.07, 6.45) is 1.73. The Balaban J connectivity index is 1.72. The molecule has 11 nitrogen and oxygen atoms in total. The van der Waals surface area contributed by atoms with Crippen LogP contribution in [0.2, 0.25) is 5.02 Å². The zero-order valence-corrected chi connectivity index (χ0v) is 22.4. The monoisotopic (exact) mass is 564 g/mol. The fourth-order valence-electron chi connectivity index (χ4n) is 4.19. The van der Waals surface area contributed by atoms with Gasteiger partial charge in [-0.2, -0.15) is 0 Å². The summed E-state index contributed by atoms with van der Waals surface area (Å²) < 4.78 is 9.54. The lowest BCUT2D eigenvalue weighted by atomic mass is 10.0. The number of hydrogen-bond donors (Lipinski definition) is 2. The van der Waals surface area contributed by atoms with Crippen LogP contribution in [-0.2, 0) is 36.8 Å². The van der Waals surface area contributed by atoms with Crippen LogP contribution in [0, 0.1) is 0 Å². The van der Waals surface area contributed by atoms with Gasteiger partial charge in [0.15, 0.2) is 6.61 Å². The summed E-state index contributed by atoms with van der Waals surface area (Å²) in [5, 5.41) is 5.69. The molecular weight excluding hydrogens is 540 g/mol. The molecule has 0 spiro atoms. The van der Waals surface area contributed by atoms with Crippen molar-refractivity contribution >= 4 is 52.6 Å². The first-order chi connectivity index (χ1) is 19.2. The predicted octanol–water partition coefficient (Wildman–Crippen LogP) is 3.23. The molecule has 1 aromatic heterocycles. The van der Waals surface area contributed by atoms with Gasteiger partial charge in [0.2, 0.25) is 5.91 Å². The van der Waals surface area contributed by atoms with Crippen molar-refractivity contribution in [1.82, 2.24) is 9.88 Å². The maximum absolute atomic E-state index is 13.8. The lowest BCUT2D eigenvalue weighted by Gasteiger charge is -2.29. The third kappa shape index (κ3) is 6.62. The van der Waals surface area contributed by atoms with Crippen molar-refractivity contribution in [2.45, 2.75) is 25.9 Å². The number of nitrogens with zero attached hydrogens (tertiary/aromatic N) is 2. The van der Waals surface area contributed by atoms with Crippen LogP contribution < -0.4 is 10.6 Å². The second kappa shape index (κ2) is 12.4. The van der Waals surface area contributed by atoms with Gasteiger partial charge >= 0.3 is 11.9 Å². The molecule has 0 unspecified atom stereocenters. The third-order valence-corrected chi connectivity index (χ3v) is 6.30. The van der Waals surface area contributed by atoms with Gasteiger partial charge in [0.25, 0.3) is 11.8 Å². The van der Waals surface area contributed by atoms with E-state index in [1.807, 2.05) is 0 Å². The maximum Gasteiger partial charge on any atom is 0.339 e. The Morgan fingerprint density at radius 2 is 1.90 bits per heavy atom. The molecule has 2 heterocycles. The number of esters is 2. The second-order valence-corrected chi connectivity index (χ2v) is 9.29. The number of aromatic nitrogens is 1. The van der Waals surface area contributed by atoms with Crippen molar-refractivity contribution in [1.29, 1.82) is 0 Å². The van der Waals surface area contributed by atoms with E-state index in [9.17, 15) is 24.0 Å². The molecule has 0 radical (unpaired) electrons. The van der Waals surface area contributed by atoms with Gasteiger partial charge in [-0.1, -0.05) is 23.7 Å². The van der Waals surface area contributed by atoms with E-state index in [-0.39, 0.29) is 35.5 Å². The highest BCUT2D eigenvalue weighted by molar-refractivity contribution is 6.31. The molecule has 1 atom stereocenters. The number of methoxy groups -OCH3 is 1.